The van der Waals surface area contributed by atoms with Crippen LogP contribution < -0.4 is 5.32 Å². The van der Waals surface area contributed by atoms with Crippen molar-refractivity contribution >= 4 is 40.4 Å². The highest BCUT2D eigenvalue weighted by Crippen LogP contribution is 2.20. The molecule has 0 radical (unpaired) electrons. The molecule has 0 fully saturated rings. The maximum atomic E-state index is 12.5. The maximum Gasteiger partial charge on any atom is 0.326 e. The third-order valence-electron chi connectivity index (χ3n) is 4.61. The summed E-state index contributed by atoms with van der Waals surface area (Å²) >= 11 is 1.63. The van der Waals surface area contributed by atoms with E-state index in [1.54, 1.807) is 18.7 Å². The van der Waals surface area contributed by atoms with Gasteiger partial charge in [0.05, 0.1) is 16.8 Å². The SMILES string of the molecule is CSCc1nc2ccccc2n1CC(=O)O[C@@H](C)C(=O)Nc1ccc(C)cc1C. The summed E-state index contributed by atoms with van der Waals surface area (Å²) in [4.78, 5) is 29.6. The smallest absolute Gasteiger partial charge is 0.326 e. The fourth-order valence-corrected chi connectivity index (χ4v) is 3.62. The molecule has 0 bridgehead atoms. The van der Waals surface area contributed by atoms with Gasteiger partial charge in [0, 0.05) is 5.69 Å². The number of nitrogens with one attached hydrogen (secondary N) is 1. The van der Waals surface area contributed by atoms with E-state index >= 15 is 0 Å². The molecule has 29 heavy (non-hydrogen) atoms. The van der Waals surface area contributed by atoms with Gasteiger partial charge in [-0.1, -0.05) is 29.8 Å². The van der Waals surface area contributed by atoms with E-state index in [4.69, 9.17) is 4.74 Å². The third kappa shape index (κ3) is 4.98. The molecule has 0 spiro atoms. The fraction of sp³-hybridized carbons (Fsp3) is 0.318. The number of carbonyl (C=O) groups is 2. The van der Waals surface area contributed by atoms with E-state index < -0.39 is 12.1 Å². The van der Waals surface area contributed by atoms with Gasteiger partial charge in [0.15, 0.2) is 6.10 Å². The van der Waals surface area contributed by atoms with E-state index in [2.05, 4.69) is 10.3 Å². The van der Waals surface area contributed by atoms with Gasteiger partial charge < -0.3 is 14.6 Å². The van der Waals surface area contributed by atoms with Crippen molar-refractivity contribution in [3.8, 4) is 0 Å². The van der Waals surface area contributed by atoms with E-state index in [1.165, 1.54) is 0 Å². The molecule has 7 heteroatoms. The van der Waals surface area contributed by atoms with Gasteiger partial charge in [-0.3, -0.25) is 9.59 Å². The minimum absolute atomic E-state index is 0.0115. The van der Waals surface area contributed by atoms with Gasteiger partial charge >= 0.3 is 5.97 Å². The van der Waals surface area contributed by atoms with Crippen LogP contribution in [-0.2, 0) is 26.6 Å². The number of rotatable bonds is 7. The molecule has 1 amide bonds. The summed E-state index contributed by atoms with van der Waals surface area (Å²) in [6.07, 6.45) is 1.09. The first-order chi connectivity index (χ1) is 13.9. The zero-order valence-electron chi connectivity index (χ0n) is 17.1. The molecule has 1 N–H and O–H groups in total. The first-order valence-corrected chi connectivity index (χ1v) is 10.8. The van der Waals surface area contributed by atoms with Crippen LogP contribution in [0.2, 0.25) is 0 Å². The van der Waals surface area contributed by atoms with Crippen molar-refractivity contribution in [1.82, 2.24) is 9.55 Å². The van der Waals surface area contributed by atoms with Crippen LogP contribution in [0.3, 0.4) is 0 Å². The Labute approximate surface area is 174 Å². The van der Waals surface area contributed by atoms with Crippen LogP contribution in [0.1, 0.15) is 23.9 Å². The van der Waals surface area contributed by atoms with Crippen LogP contribution in [0.15, 0.2) is 42.5 Å². The monoisotopic (exact) mass is 411 g/mol. The van der Waals surface area contributed by atoms with Gasteiger partial charge in [0.1, 0.15) is 12.4 Å². The van der Waals surface area contributed by atoms with Crippen molar-refractivity contribution in [3.63, 3.8) is 0 Å². The Bertz CT molecular complexity index is 1040. The lowest BCUT2D eigenvalue weighted by Crippen LogP contribution is -2.31. The molecule has 3 aromatic rings. The average molecular weight is 412 g/mol. The minimum Gasteiger partial charge on any atom is -0.451 e. The van der Waals surface area contributed by atoms with Crippen LogP contribution in [0.4, 0.5) is 5.69 Å². The Morgan fingerprint density at radius 3 is 2.69 bits per heavy atom. The first-order valence-electron chi connectivity index (χ1n) is 9.39. The number of hydrogen-bond donors (Lipinski definition) is 1. The highest BCUT2D eigenvalue weighted by atomic mass is 32.2. The molecular formula is C22H25N3O3S. The zero-order chi connectivity index (χ0) is 21.0. The van der Waals surface area contributed by atoms with E-state index in [0.29, 0.717) is 11.4 Å². The molecule has 6 nitrogen and oxygen atoms in total. The molecule has 0 saturated carbocycles. The van der Waals surface area contributed by atoms with E-state index in [9.17, 15) is 9.59 Å². The van der Waals surface area contributed by atoms with Gasteiger partial charge in [0.2, 0.25) is 0 Å². The van der Waals surface area contributed by atoms with Crippen molar-refractivity contribution in [2.75, 3.05) is 11.6 Å². The number of fused-ring (bicyclic) bond motifs is 1. The second kappa shape index (κ2) is 9.13. The summed E-state index contributed by atoms with van der Waals surface area (Å²) in [6, 6.07) is 13.4. The summed E-state index contributed by atoms with van der Waals surface area (Å²) in [5.41, 5.74) is 4.51. The first kappa shape index (κ1) is 20.9. The number of carbonyl (C=O) groups excluding carboxylic acids is 2. The van der Waals surface area contributed by atoms with Gasteiger partial charge in [-0.05, 0) is 50.8 Å². The summed E-state index contributed by atoms with van der Waals surface area (Å²) in [5.74, 6) is 0.664. The largest absolute Gasteiger partial charge is 0.451 e. The standard InChI is InChI=1S/C22H25N3O3S/c1-14-9-10-17(15(2)11-14)24-22(27)16(3)28-21(26)12-25-19-8-6-5-7-18(19)23-20(25)13-29-4/h5-11,16H,12-13H2,1-4H3,(H,24,27)/t16-/m0/s1. The topological polar surface area (TPSA) is 73.2 Å². The number of imidazole rings is 1. The molecule has 0 aliphatic rings. The van der Waals surface area contributed by atoms with Gasteiger partial charge in [-0.25, -0.2) is 4.98 Å². The number of thioether (sulfide) groups is 1. The number of ether oxygens (including phenoxy) is 1. The maximum absolute atomic E-state index is 12.5. The lowest BCUT2D eigenvalue weighted by atomic mass is 10.1. The van der Waals surface area contributed by atoms with Crippen molar-refractivity contribution in [3.05, 3.63) is 59.4 Å². The van der Waals surface area contributed by atoms with Crippen molar-refractivity contribution in [1.29, 1.82) is 0 Å². The van der Waals surface area contributed by atoms with E-state index in [1.807, 2.05) is 67.1 Å². The number of esters is 1. The normalized spacial score (nSPS) is 12.0. The molecular weight excluding hydrogens is 386 g/mol. The van der Waals surface area contributed by atoms with Crippen LogP contribution in [0.5, 0.6) is 0 Å². The van der Waals surface area contributed by atoms with E-state index in [-0.39, 0.29) is 12.5 Å². The Balaban J connectivity index is 1.68. The number of para-hydroxylation sites is 2. The minimum atomic E-state index is -0.901. The molecule has 0 unspecified atom stereocenters. The molecule has 0 saturated heterocycles. The molecule has 0 aliphatic carbocycles. The van der Waals surface area contributed by atoms with Crippen molar-refractivity contribution < 1.29 is 14.3 Å². The van der Waals surface area contributed by atoms with Gasteiger partial charge in [-0.2, -0.15) is 11.8 Å². The zero-order valence-corrected chi connectivity index (χ0v) is 17.9. The predicted octanol–water partition coefficient (Wildman–Crippen LogP) is 4.09. The summed E-state index contributed by atoms with van der Waals surface area (Å²) in [6.45, 7) is 5.51. The summed E-state index contributed by atoms with van der Waals surface area (Å²) in [7, 11) is 0. The van der Waals surface area contributed by atoms with E-state index in [0.717, 1.165) is 28.0 Å². The molecule has 1 heterocycles. The molecule has 2 aromatic carbocycles. The van der Waals surface area contributed by atoms with Crippen molar-refractivity contribution in [2.24, 2.45) is 0 Å². The molecule has 1 aromatic heterocycles. The van der Waals surface area contributed by atoms with Crippen LogP contribution in [-0.4, -0.2) is 33.8 Å². The lowest BCUT2D eigenvalue weighted by Gasteiger charge is -2.16. The average Bonchev–Trinajstić information content (AvgIpc) is 3.01. The number of nitrogens with zero attached hydrogens (tertiary/aromatic N) is 2. The predicted molar refractivity (Wildman–Crippen MR) is 117 cm³/mol. The highest BCUT2D eigenvalue weighted by molar-refractivity contribution is 7.97. The molecule has 3 rings (SSSR count). The van der Waals surface area contributed by atoms with Crippen LogP contribution in [0, 0.1) is 13.8 Å². The second-order valence-corrected chi connectivity index (χ2v) is 7.84. The molecule has 152 valence electrons. The van der Waals surface area contributed by atoms with Gasteiger partial charge in [-0.15, -0.1) is 0 Å². The highest BCUT2D eigenvalue weighted by Gasteiger charge is 2.20. The Morgan fingerprint density at radius 2 is 1.97 bits per heavy atom. The number of aromatic nitrogens is 2. The molecule has 1 atom stereocenters. The lowest BCUT2D eigenvalue weighted by molar-refractivity contribution is -0.153. The number of amides is 1. The molecule has 0 aliphatic heterocycles. The summed E-state index contributed by atoms with van der Waals surface area (Å²) in [5, 5.41) is 2.82. The van der Waals surface area contributed by atoms with Crippen molar-refractivity contribution in [2.45, 2.75) is 39.2 Å². The van der Waals surface area contributed by atoms with Crippen LogP contribution >= 0.6 is 11.8 Å². The third-order valence-corrected chi connectivity index (χ3v) is 5.16. The number of benzene rings is 2. The Hall–Kier alpha value is -2.80. The van der Waals surface area contributed by atoms with Crippen LogP contribution in [0.25, 0.3) is 11.0 Å². The number of hydrogen-bond acceptors (Lipinski definition) is 5. The van der Waals surface area contributed by atoms with Gasteiger partial charge in [0.25, 0.3) is 5.91 Å². The second-order valence-electron chi connectivity index (χ2n) is 6.98. The fourth-order valence-electron chi connectivity index (χ4n) is 3.15. The Morgan fingerprint density at radius 1 is 1.21 bits per heavy atom. The number of anilines is 1. The quantitative estimate of drug-likeness (QED) is 0.593. The number of aryl methyl sites for hydroxylation is 2. The summed E-state index contributed by atoms with van der Waals surface area (Å²) < 4.78 is 7.25. The Kier molecular flexibility index (Phi) is 6.59.